The molecule has 2 unspecified atom stereocenters. The van der Waals surface area contributed by atoms with Gasteiger partial charge in [-0.15, -0.1) is 0 Å². The van der Waals surface area contributed by atoms with Crippen molar-refractivity contribution in [3.63, 3.8) is 0 Å². The molecule has 1 aromatic rings. The maximum atomic E-state index is 13.2. The van der Waals surface area contributed by atoms with Crippen LogP contribution in [0.4, 0.5) is 8.78 Å². The summed E-state index contributed by atoms with van der Waals surface area (Å²) in [6.07, 6.45) is -0.749. The normalized spacial score (nSPS) is 22.9. The Morgan fingerprint density at radius 2 is 2.10 bits per heavy atom. The number of nitrogens with zero attached hydrogens (tertiary/aromatic N) is 1. The van der Waals surface area contributed by atoms with Crippen molar-refractivity contribution in [1.29, 1.82) is 0 Å². The van der Waals surface area contributed by atoms with Crippen molar-refractivity contribution in [2.75, 3.05) is 19.7 Å². The molecule has 4 nitrogen and oxygen atoms in total. The number of hydrogen-bond donors (Lipinski definition) is 1. The fourth-order valence-electron chi connectivity index (χ4n) is 2.17. The predicted octanol–water partition coefficient (Wildman–Crippen LogP) is 1.84. The molecule has 110 valence electrons. The van der Waals surface area contributed by atoms with Crippen molar-refractivity contribution in [3.05, 3.63) is 34.4 Å². The summed E-state index contributed by atoms with van der Waals surface area (Å²) < 4.78 is 31.7. The summed E-state index contributed by atoms with van der Waals surface area (Å²) in [5.41, 5.74) is -0.101. The van der Waals surface area contributed by atoms with Gasteiger partial charge < -0.3 is 14.7 Å². The summed E-state index contributed by atoms with van der Waals surface area (Å²) in [5, 5.41) is 8.97. The van der Waals surface area contributed by atoms with E-state index in [1.54, 1.807) is 6.92 Å². The first-order valence-electron chi connectivity index (χ1n) is 6.12. The third kappa shape index (κ3) is 3.08. The second-order valence-corrected chi connectivity index (χ2v) is 5.11. The van der Waals surface area contributed by atoms with Gasteiger partial charge in [-0.3, -0.25) is 4.79 Å². The Hall–Kier alpha value is -1.24. The molecule has 0 saturated carbocycles. The number of ether oxygens (including phenoxy) is 1. The molecule has 1 aliphatic heterocycles. The predicted molar refractivity (Wildman–Crippen MR) is 68.7 cm³/mol. The number of benzene rings is 1. The summed E-state index contributed by atoms with van der Waals surface area (Å²) in [5.74, 6) is -2.74. The van der Waals surface area contributed by atoms with Gasteiger partial charge in [-0.25, -0.2) is 8.78 Å². The highest BCUT2D eigenvalue weighted by Gasteiger charge is 2.30. The number of halogens is 3. The number of carbonyl (C=O) groups excluding carboxylic acids is 1. The van der Waals surface area contributed by atoms with Crippen LogP contribution < -0.4 is 0 Å². The van der Waals surface area contributed by atoms with Gasteiger partial charge in [0, 0.05) is 13.1 Å². The van der Waals surface area contributed by atoms with Gasteiger partial charge in [0.1, 0.15) is 0 Å². The highest BCUT2D eigenvalue weighted by molar-refractivity contribution is 6.33. The van der Waals surface area contributed by atoms with Crippen molar-refractivity contribution < 1.29 is 23.4 Å². The standard InChI is InChI=1S/C13H14ClF2NO3/c1-7-4-17(5-8(6-18)20-7)13(19)9-2-11(15)12(16)3-10(9)14/h2-3,7-8,18H,4-6H2,1H3. The number of rotatable bonds is 2. The molecular weight excluding hydrogens is 292 g/mol. The number of hydrogen-bond acceptors (Lipinski definition) is 3. The van der Waals surface area contributed by atoms with E-state index in [1.165, 1.54) is 4.90 Å². The van der Waals surface area contributed by atoms with Crippen LogP contribution in [0.1, 0.15) is 17.3 Å². The van der Waals surface area contributed by atoms with Crippen molar-refractivity contribution in [2.24, 2.45) is 0 Å². The molecule has 20 heavy (non-hydrogen) atoms. The fraction of sp³-hybridized carbons (Fsp3) is 0.462. The second-order valence-electron chi connectivity index (χ2n) is 4.71. The molecule has 1 amide bonds. The third-order valence-corrected chi connectivity index (χ3v) is 3.37. The smallest absolute Gasteiger partial charge is 0.255 e. The Morgan fingerprint density at radius 1 is 1.45 bits per heavy atom. The minimum Gasteiger partial charge on any atom is -0.394 e. The Kier molecular flexibility index (Phi) is 4.57. The van der Waals surface area contributed by atoms with Crippen LogP contribution in [-0.4, -0.2) is 47.8 Å². The van der Waals surface area contributed by atoms with Crippen molar-refractivity contribution >= 4 is 17.5 Å². The SMILES string of the molecule is CC1CN(C(=O)c2cc(F)c(F)cc2Cl)CC(CO)O1. The fourth-order valence-corrected chi connectivity index (χ4v) is 2.40. The van der Waals surface area contributed by atoms with Gasteiger partial charge in [-0.2, -0.15) is 0 Å². The van der Waals surface area contributed by atoms with Gasteiger partial charge in [-0.05, 0) is 19.1 Å². The van der Waals surface area contributed by atoms with Crippen LogP contribution in [0.5, 0.6) is 0 Å². The van der Waals surface area contributed by atoms with Crippen LogP contribution in [0.15, 0.2) is 12.1 Å². The van der Waals surface area contributed by atoms with E-state index in [4.69, 9.17) is 21.4 Å². The molecular formula is C13H14ClF2NO3. The number of amides is 1. The summed E-state index contributed by atoms with van der Waals surface area (Å²) in [7, 11) is 0. The Labute approximate surface area is 119 Å². The van der Waals surface area contributed by atoms with Gasteiger partial charge >= 0.3 is 0 Å². The Morgan fingerprint density at radius 3 is 2.75 bits per heavy atom. The molecule has 1 fully saturated rings. The first-order valence-corrected chi connectivity index (χ1v) is 6.50. The van der Waals surface area contributed by atoms with Crippen molar-refractivity contribution in [1.82, 2.24) is 4.90 Å². The van der Waals surface area contributed by atoms with Crippen LogP contribution in [0, 0.1) is 11.6 Å². The monoisotopic (exact) mass is 305 g/mol. The number of morpholine rings is 1. The molecule has 0 radical (unpaired) electrons. The first-order chi connectivity index (χ1) is 9.42. The van der Waals surface area contributed by atoms with Gasteiger partial charge in [-0.1, -0.05) is 11.6 Å². The van der Waals surface area contributed by atoms with E-state index in [2.05, 4.69) is 0 Å². The van der Waals surface area contributed by atoms with E-state index in [0.29, 0.717) is 6.54 Å². The van der Waals surface area contributed by atoms with Crippen LogP contribution >= 0.6 is 11.6 Å². The molecule has 0 aliphatic carbocycles. The van der Waals surface area contributed by atoms with E-state index < -0.39 is 23.6 Å². The molecule has 0 aromatic heterocycles. The maximum Gasteiger partial charge on any atom is 0.255 e. The molecule has 7 heteroatoms. The molecule has 0 spiro atoms. The van der Waals surface area contributed by atoms with E-state index in [0.717, 1.165) is 12.1 Å². The van der Waals surface area contributed by atoms with E-state index in [-0.39, 0.29) is 29.8 Å². The van der Waals surface area contributed by atoms with E-state index in [9.17, 15) is 13.6 Å². The molecule has 1 aromatic carbocycles. The second kappa shape index (κ2) is 6.03. The molecule has 2 atom stereocenters. The van der Waals surface area contributed by atoms with Crippen molar-refractivity contribution in [2.45, 2.75) is 19.1 Å². The zero-order chi connectivity index (χ0) is 14.9. The maximum absolute atomic E-state index is 13.2. The van der Waals surface area contributed by atoms with Gasteiger partial charge in [0.2, 0.25) is 0 Å². The average Bonchev–Trinajstić information content (AvgIpc) is 2.41. The summed E-state index contributed by atoms with van der Waals surface area (Å²) in [6.45, 7) is 2.01. The Bertz CT molecular complexity index is 527. The largest absolute Gasteiger partial charge is 0.394 e. The lowest BCUT2D eigenvalue weighted by Crippen LogP contribution is -2.50. The quantitative estimate of drug-likeness (QED) is 0.848. The molecule has 2 rings (SSSR count). The minimum atomic E-state index is -1.13. The highest BCUT2D eigenvalue weighted by Crippen LogP contribution is 2.23. The summed E-state index contributed by atoms with van der Waals surface area (Å²) >= 11 is 5.79. The lowest BCUT2D eigenvalue weighted by molar-refractivity contribution is -0.0858. The molecule has 1 saturated heterocycles. The third-order valence-electron chi connectivity index (χ3n) is 3.06. The van der Waals surface area contributed by atoms with Gasteiger partial charge in [0.15, 0.2) is 11.6 Å². The zero-order valence-corrected chi connectivity index (χ0v) is 11.5. The summed E-state index contributed by atoms with van der Waals surface area (Å²) in [6, 6.07) is 1.56. The van der Waals surface area contributed by atoms with Crippen molar-refractivity contribution in [3.8, 4) is 0 Å². The number of carbonyl (C=O) groups is 1. The van der Waals surface area contributed by atoms with Crippen LogP contribution in [0.25, 0.3) is 0 Å². The minimum absolute atomic E-state index is 0.101. The lowest BCUT2D eigenvalue weighted by atomic mass is 10.1. The van der Waals surface area contributed by atoms with E-state index >= 15 is 0 Å². The highest BCUT2D eigenvalue weighted by atomic mass is 35.5. The van der Waals surface area contributed by atoms with E-state index in [1.807, 2.05) is 0 Å². The molecule has 1 heterocycles. The molecule has 0 bridgehead atoms. The molecule has 1 N–H and O–H groups in total. The number of aliphatic hydroxyl groups is 1. The van der Waals surface area contributed by atoms with Crippen LogP contribution in [0.2, 0.25) is 5.02 Å². The topological polar surface area (TPSA) is 49.8 Å². The molecule has 1 aliphatic rings. The van der Waals surface area contributed by atoms with Crippen LogP contribution in [-0.2, 0) is 4.74 Å². The van der Waals surface area contributed by atoms with Crippen LogP contribution in [0.3, 0.4) is 0 Å². The van der Waals surface area contributed by atoms with Gasteiger partial charge in [0.05, 0.1) is 29.4 Å². The average molecular weight is 306 g/mol. The van der Waals surface area contributed by atoms with Gasteiger partial charge in [0.25, 0.3) is 5.91 Å². The first kappa shape index (κ1) is 15.2. The zero-order valence-electron chi connectivity index (χ0n) is 10.8. The Balaban J connectivity index is 2.24. The summed E-state index contributed by atoms with van der Waals surface area (Å²) in [4.78, 5) is 13.7. The number of aliphatic hydroxyl groups excluding tert-OH is 1. The lowest BCUT2D eigenvalue weighted by Gasteiger charge is -2.36.